The molecule has 0 saturated carbocycles. The number of likely N-dealkylation sites (N-methyl/N-ethyl adjacent to an activating group) is 1. The summed E-state index contributed by atoms with van der Waals surface area (Å²) < 4.78 is 12.4. The number of methoxy groups -OCH3 is 1. The highest BCUT2D eigenvalue weighted by atomic mass is 16.5. The van der Waals surface area contributed by atoms with Crippen molar-refractivity contribution in [3.05, 3.63) is 40.9 Å². The zero-order valence-corrected chi connectivity index (χ0v) is 20.4. The van der Waals surface area contributed by atoms with Crippen LogP contribution in [-0.4, -0.2) is 65.4 Å². The summed E-state index contributed by atoms with van der Waals surface area (Å²) in [5.74, 6) is 0.485. The zero-order valence-electron chi connectivity index (χ0n) is 20.4. The molecule has 182 valence electrons. The van der Waals surface area contributed by atoms with Crippen LogP contribution in [0.25, 0.3) is 22.3 Å². The van der Waals surface area contributed by atoms with Crippen LogP contribution in [-0.2, 0) is 16.1 Å². The number of amides is 1. The summed E-state index contributed by atoms with van der Waals surface area (Å²) in [6.45, 7) is 7.13. The molecule has 0 aromatic carbocycles. The number of aromatic nitrogens is 4. The molecule has 3 aromatic rings. The zero-order chi connectivity index (χ0) is 24.7. The average molecular weight is 469 g/mol. The van der Waals surface area contributed by atoms with Gasteiger partial charge in [0.1, 0.15) is 0 Å². The molecular weight excluding hydrogens is 436 g/mol. The van der Waals surface area contributed by atoms with E-state index in [1.165, 1.54) is 0 Å². The Morgan fingerprint density at radius 1 is 1.18 bits per heavy atom. The largest absolute Gasteiger partial charge is 0.481 e. The molecule has 0 fully saturated rings. The van der Waals surface area contributed by atoms with Gasteiger partial charge in [0.25, 0.3) is 5.56 Å². The lowest BCUT2D eigenvalue weighted by Gasteiger charge is -2.20. The molecule has 0 atom stereocenters. The first-order valence-electron chi connectivity index (χ1n) is 11.3. The van der Waals surface area contributed by atoms with Crippen molar-refractivity contribution in [2.24, 2.45) is 0 Å². The van der Waals surface area contributed by atoms with E-state index in [-0.39, 0.29) is 29.9 Å². The lowest BCUT2D eigenvalue weighted by atomic mass is 10.1. The Balaban J connectivity index is 2.03. The number of anilines is 1. The number of rotatable bonds is 11. The van der Waals surface area contributed by atoms with Crippen LogP contribution in [0.3, 0.4) is 0 Å². The van der Waals surface area contributed by atoms with E-state index in [4.69, 9.17) is 9.47 Å². The molecular formula is C24H32N6O4. The van der Waals surface area contributed by atoms with Crippen molar-refractivity contribution < 1.29 is 14.3 Å². The van der Waals surface area contributed by atoms with Crippen molar-refractivity contribution >= 4 is 22.9 Å². The minimum Gasteiger partial charge on any atom is -0.481 e. The number of carbonyl (C=O) groups is 1. The third kappa shape index (κ3) is 6.07. The quantitative estimate of drug-likeness (QED) is 0.427. The smallest absolute Gasteiger partial charge is 0.294 e. The average Bonchev–Trinajstić information content (AvgIpc) is 2.81. The standard InChI is InChI=1S/C24H32N6O4/c1-6-10-34-11-9-30-19-12-18(17-7-8-21(33-5)25-13-17)14-26-22(19)28-23(24(30)32)29(4)15-20(31)27-16(2)3/h7-8,12-14,16H,6,9-11,15H2,1-5H3,(H,27,31). The van der Waals surface area contributed by atoms with Crippen LogP contribution in [0.4, 0.5) is 5.82 Å². The van der Waals surface area contributed by atoms with Gasteiger partial charge >= 0.3 is 0 Å². The van der Waals surface area contributed by atoms with Gasteiger partial charge in [-0.05, 0) is 32.4 Å². The summed E-state index contributed by atoms with van der Waals surface area (Å²) in [4.78, 5) is 40.5. The predicted octanol–water partition coefficient (Wildman–Crippen LogP) is 2.25. The number of hydrogen-bond acceptors (Lipinski definition) is 8. The van der Waals surface area contributed by atoms with E-state index in [9.17, 15) is 9.59 Å². The van der Waals surface area contributed by atoms with Crippen LogP contribution in [0.1, 0.15) is 27.2 Å². The Morgan fingerprint density at radius 2 is 1.94 bits per heavy atom. The summed E-state index contributed by atoms with van der Waals surface area (Å²) in [6, 6.07) is 5.52. The summed E-state index contributed by atoms with van der Waals surface area (Å²) in [7, 11) is 3.23. The Kier molecular flexibility index (Phi) is 8.53. The van der Waals surface area contributed by atoms with Gasteiger partial charge in [-0.25, -0.2) is 15.0 Å². The van der Waals surface area contributed by atoms with Crippen LogP contribution in [0.5, 0.6) is 5.88 Å². The highest BCUT2D eigenvalue weighted by molar-refractivity contribution is 5.82. The van der Waals surface area contributed by atoms with Crippen LogP contribution in [0.15, 0.2) is 35.4 Å². The van der Waals surface area contributed by atoms with Gasteiger partial charge in [-0.2, -0.15) is 0 Å². The Morgan fingerprint density at radius 3 is 2.59 bits per heavy atom. The van der Waals surface area contributed by atoms with Gasteiger partial charge in [-0.3, -0.25) is 14.2 Å². The van der Waals surface area contributed by atoms with Crippen LogP contribution >= 0.6 is 0 Å². The maximum absolute atomic E-state index is 13.4. The topological polar surface area (TPSA) is 111 Å². The molecule has 0 aliphatic carbocycles. The fraction of sp³-hybridized carbons (Fsp3) is 0.458. The molecule has 0 aliphatic rings. The minimum atomic E-state index is -0.306. The highest BCUT2D eigenvalue weighted by Gasteiger charge is 2.18. The Hall–Kier alpha value is -3.53. The second kappa shape index (κ2) is 11.6. The molecule has 3 aromatic heterocycles. The van der Waals surface area contributed by atoms with E-state index >= 15 is 0 Å². The maximum atomic E-state index is 13.4. The lowest BCUT2D eigenvalue weighted by Crippen LogP contribution is -2.41. The number of hydrogen-bond donors (Lipinski definition) is 1. The third-order valence-corrected chi connectivity index (χ3v) is 5.06. The van der Waals surface area contributed by atoms with Crippen LogP contribution in [0, 0.1) is 0 Å². The number of fused-ring (bicyclic) bond motifs is 1. The summed E-state index contributed by atoms with van der Waals surface area (Å²) in [5.41, 5.74) is 2.32. The molecule has 10 nitrogen and oxygen atoms in total. The summed E-state index contributed by atoms with van der Waals surface area (Å²) >= 11 is 0. The molecule has 3 heterocycles. The van der Waals surface area contributed by atoms with Gasteiger partial charge in [-0.15, -0.1) is 0 Å². The number of nitrogens with zero attached hydrogens (tertiary/aromatic N) is 5. The monoisotopic (exact) mass is 468 g/mol. The van der Waals surface area contributed by atoms with Crippen molar-refractivity contribution in [1.29, 1.82) is 0 Å². The molecule has 0 saturated heterocycles. The molecule has 0 unspecified atom stereocenters. The fourth-order valence-electron chi connectivity index (χ4n) is 3.47. The van der Waals surface area contributed by atoms with Crippen molar-refractivity contribution in [3.63, 3.8) is 0 Å². The number of carbonyl (C=O) groups excluding carboxylic acids is 1. The Labute approximate surface area is 198 Å². The van der Waals surface area contributed by atoms with Crippen molar-refractivity contribution in [1.82, 2.24) is 24.8 Å². The van der Waals surface area contributed by atoms with Crippen molar-refractivity contribution in [2.45, 2.75) is 39.8 Å². The molecule has 0 radical (unpaired) electrons. The SMILES string of the molecule is CCCOCCn1c(=O)c(N(C)CC(=O)NC(C)C)nc2ncc(-c3ccc(OC)nc3)cc21. The molecule has 3 rings (SSSR count). The number of pyridine rings is 2. The molecule has 0 aliphatic heterocycles. The van der Waals surface area contributed by atoms with E-state index < -0.39 is 0 Å². The first-order chi connectivity index (χ1) is 16.3. The van der Waals surface area contributed by atoms with Crippen LogP contribution in [0.2, 0.25) is 0 Å². The minimum absolute atomic E-state index is 0.00497. The van der Waals surface area contributed by atoms with Gasteiger partial charge in [0.05, 0.1) is 25.8 Å². The fourth-order valence-corrected chi connectivity index (χ4v) is 3.47. The highest BCUT2D eigenvalue weighted by Crippen LogP contribution is 2.23. The maximum Gasteiger partial charge on any atom is 0.294 e. The Bertz CT molecular complexity index is 1180. The number of ether oxygens (including phenoxy) is 2. The van der Waals surface area contributed by atoms with E-state index in [0.717, 1.165) is 17.5 Å². The lowest BCUT2D eigenvalue weighted by molar-refractivity contribution is -0.120. The molecule has 0 spiro atoms. The molecule has 1 N–H and O–H groups in total. The summed E-state index contributed by atoms with van der Waals surface area (Å²) in [5, 5.41) is 2.83. The predicted molar refractivity (Wildman–Crippen MR) is 131 cm³/mol. The van der Waals surface area contributed by atoms with E-state index in [0.29, 0.717) is 36.8 Å². The van der Waals surface area contributed by atoms with E-state index in [1.54, 1.807) is 42.1 Å². The molecule has 0 bridgehead atoms. The molecule has 1 amide bonds. The second-order valence-electron chi connectivity index (χ2n) is 8.24. The molecule has 10 heteroatoms. The summed E-state index contributed by atoms with van der Waals surface area (Å²) in [6.07, 6.45) is 4.27. The van der Waals surface area contributed by atoms with Gasteiger partial charge in [-0.1, -0.05) is 6.92 Å². The van der Waals surface area contributed by atoms with Crippen LogP contribution < -0.4 is 20.5 Å². The van der Waals surface area contributed by atoms with Crippen molar-refractivity contribution in [3.8, 4) is 17.0 Å². The first-order valence-corrected chi connectivity index (χ1v) is 11.3. The van der Waals surface area contributed by atoms with Gasteiger partial charge < -0.3 is 19.7 Å². The van der Waals surface area contributed by atoms with Gasteiger partial charge in [0, 0.05) is 55.8 Å². The number of nitrogens with one attached hydrogen (secondary N) is 1. The van der Waals surface area contributed by atoms with E-state index in [1.807, 2.05) is 32.9 Å². The van der Waals surface area contributed by atoms with E-state index in [2.05, 4.69) is 20.3 Å². The third-order valence-electron chi connectivity index (χ3n) is 5.06. The first kappa shape index (κ1) is 25.1. The van der Waals surface area contributed by atoms with Crippen molar-refractivity contribution in [2.75, 3.05) is 38.8 Å². The normalized spacial score (nSPS) is 11.1. The molecule has 34 heavy (non-hydrogen) atoms. The second-order valence-corrected chi connectivity index (χ2v) is 8.24. The van der Waals surface area contributed by atoms with Gasteiger partial charge in [0.2, 0.25) is 11.8 Å². The van der Waals surface area contributed by atoms with Gasteiger partial charge in [0.15, 0.2) is 11.5 Å².